The molecule has 1 amide bonds. The van der Waals surface area contributed by atoms with Crippen LogP contribution in [0.2, 0.25) is 5.02 Å². The number of amides is 1. The maximum absolute atomic E-state index is 13.4. The number of nitrogens with two attached hydrogens (primary N) is 1. The Morgan fingerprint density at radius 2 is 1.95 bits per heavy atom. The van der Waals surface area contributed by atoms with Gasteiger partial charge in [0.1, 0.15) is 11.5 Å². The normalized spacial score (nSPS) is 15.5. The summed E-state index contributed by atoms with van der Waals surface area (Å²) in [6.07, 6.45) is 4.50. The molecule has 8 nitrogen and oxygen atoms in total. The number of ether oxygens (including phenoxy) is 1. The summed E-state index contributed by atoms with van der Waals surface area (Å²) in [6, 6.07) is 11.4. The minimum atomic E-state index is -0.438. The van der Waals surface area contributed by atoms with Crippen molar-refractivity contribution in [2.45, 2.75) is 52.5 Å². The van der Waals surface area contributed by atoms with E-state index in [4.69, 9.17) is 20.9 Å². The topological polar surface area (TPSA) is 114 Å². The molecule has 1 unspecified atom stereocenters. The lowest BCUT2D eigenvalue weighted by atomic mass is 9.98. The van der Waals surface area contributed by atoms with E-state index in [-0.39, 0.29) is 16.1 Å². The number of anilines is 1. The van der Waals surface area contributed by atoms with Crippen LogP contribution in [0.1, 0.15) is 52.9 Å². The van der Waals surface area contributed by atoms with Crippen LogP contribution in [-0.4, -0.2) is 35.2 Å². The zero-order valence-corrected chi connectivity index (χ0v) is 22.6. The number of carbonyl (C=O) groups excluding carboxylic acids is 1. The summed E-state index contributed by atoms with van der Waals surface area (Å²) in [4.78, 5) is 29.5. The predicted molar refractivity (Wildman–Crippen MR) is 148 cm³/mol. The van der Waals surface area contributed by atoms with Gasteiger partial charge in [-0.25, -0.2) is 0 Å². The van der Waals surface area contributed by atoms with Crippen LogP contribution in [0, 0.1) is 20.8 Å². The van der Waals surface area contributed by atoms with E-state index in [1.54, 1.807) is 25.1 Å². The Hall–Kier alpha value is -3.62. The van der Waals surface area contributed by atoms with Gasteiger partial charge >= 0.3 is 0 Å². The van der Waals surface area contributed by atoms with Crippen LogP contribution < -0.4 is 20.9 Å². The van der Waals surface area contributed by atoms with E-state index in [9.17, 15) is 9.59 Å². The summed E-state index contributed by atoms with van der Waals surface area (Å²) < 4.78 is 11.5. The Kier molecular flexibility index (Phi) is 7.53. The first-order valence-electron chi connectivity index (χ1n) is 13.0. The SMILES string of the molecule is Cc1cc(C)cc(-c2c(OCCC3CCCC[NH2+]3)c3cc(C(=O)Nc4cc(C)on4)c(Cl)cc3[nH]c2=O)c1. The molecule has 1 fully saturated rings. The Balaban J connectivity index is 1.60. The van der Waals surface area contributed by atoms with Gasteiger partial charge in [0.15, 0.2) is 5.82 Å². The van der Waals surface area contributed by atoms with Gasteiger partial charge in [0.05, 0.1) is 40.9 Å². The van der Waals surface area contributed by atoms with Crippen LogP contribution in [-0.2, 0) is 0 Å². The van der Waals surface area contributed by atoms with Crippen molar-refractivity contribution in [2.24, 2.45) is 0 Å². The maximum atomic E-state index is 13.4. The second-order valence-electron chi connectivity index (χ2n) is 10.1. The number of halogens is 1. The zero-order chi connectivity index (χ0) is 26.8. The maximum Gasteiger partial charge on any atom is 0.260 e. The molecule has 0 radical (unpaired) electrons. The van der Waals surface area contributed by atoms with Crippen molar-refractivity contribution in [1.82, 2.24) is 10.1 Å². The van der Waals surface area contributed by atoms with E-state index in [2.05, 4.69) is 26.8 Å². The number of piperidine rings is 1. The van der Waals surface area contributed by atoms with Gasteiger partial charge in [-0.15, -0.1) is 0 Å². The second kappa shape index (κ2) is 11.0. The highest BCUT2D eigenvalue weighted by atomic mass is 35.5. The van der Waals surface area contributed by atoms with Gasteiger partial charge in [-0.3, -0.25) is 9.59 Å². The fourth-order valence-electron chi connectivity index (χ4n) is 5.20. The molecular formula is C29H32ClN4O4+. The molecule has 2 aromatic carbocycles. The highest BCUT2D eigenvalue weighted by Crippen LogP contribution is 2.36. The second-order valence-corrected chi connectivity index (χ2v) is 10.5. The highest BCUT2D eigenvalue weighted by Gasteiger charge is 2.22. The van der Waals surface area contributed by atoms with Crippen LogP contribution in [0.3, 0.4) is 0 Å². The van der Waals surface area contributed by atoms with Gasteiger partial charge in [0.2, 0.25) is 0 Å². The number of aromatic nitrogens is 2. The van der Waals surface area contributed by atoms with Crippen LogP contribution in [0.5, 0.6) is 5.75 Å². The number of aryl methyl sites for hydroxylation is 3. The molecule has 3 heterocycles. The van der Waals surface area contributed by atoms with E-state index in [0.717, 1.165) is 36.1 Å². The lowest BCUT2D eigenvalue weighted by Crippen LogP contribution is -2.91. The van der Waals surface area contributed by atoms with E-state index in [0.29, 0.717) is 46.4 Å². The third kappa shape index (κ3) is 5.61. The smallest absolute Gasteiger partial charge is 0.260 e. The quantitative estimate of drug-likeness (QED) is 0.311. The van der Waals surface area contributed by atoms with Crippen molar-refractivity contribution < 1.29 is 19.4 Å². The highest BCUT2D eigenvalue weighted by molar-refractivity contribution is 6.35. The predicted octanol–water partition coefficient (Wildman–Crippen LogP) is 4.90. The summed E-state index contributed by atoms with van der Waals surface area (Å²) in [5.41, 5.74) is 3.77. The number of hydrogen-bond donors (Lipinski definition) is 3. The molecule has 0 bridgehead atoms. The minimum Gasteiger partial charge on any atom is -0.492 e. The van der Waals surface area contributed by atoms with Crippen LogP contribution in [0.15, 0.2) is 45.7 Å². The fraction of sp³-hybridized carbons (Fsp3) is 0.345. The van der Waals surface area contributed by atoms with Gasteiger partial charge in [0, 0.05) is 17.9 Å². The van der Waals surface area contributed by atoms with Gasteiger partial charge < -0.3 is 24.9 Å². The first-order valence-corrected chi connectivity index (χ1v) is 13.4. The number of hydrogen-bond acceptors (Lipinski definition) is 5. The standard InChI is InChI=1S/C29H31ClN4O4/c1-16-10-17(2)12-19(11-16)26-27(37-9-7-20-6-4-5-8-31-20)22-14-21(23(30)15-24(22)32-29(26)36)28(35)33-25-13-18(3)38-34-25/h10-15,20,31H,4-9H2,1-3H3,(H,32,36)(H,33,34,35)/p+1. The molecule has 198 valence electrons. The number of aromatic amines is 1. The van der Waals surface area contributed by atoms with Crippen molar-refractivity contribution in [3.8, 4) is 16.9 Å². The van der Waals surface area contributed by atoms with Crippen LogP contribution >= 0.6 is 11.6 Å². The molecule has 1 aliphatic rings. The van der Waals surface area contributed by atoms with Gasteiger partial charge in [-0.05, 0) is 57.7 Å². The summed E-state index contributed by atoms with van der Waals surface area (Å²) in [5.74, 6) is 0.882. The number of fused-ring (bicyclic) bond motifs is 1. The van der Waals surface area contributed by atoms with Gasteiger partial charge in [-0.2, -0.15) is 0 Å². The third-order valence-electron chi connectivity index (χ3n) is 6.94. The lowest BCUT2D eigenvalue weighted by Gasteiger charge is -2.21. The van der Waals surface area contributed by atoms with Gasteiger partial charge in [0.25, 0.3) is 11.5 Å². The number of carbonyl (C=O) groups is 1. The monoisotopic (exact) mass is 535 g/mol. The number of quaternary nitrogens is 1. The number of benzene rings is 2. The summed E-state index contributed by atoms with van der Waals surface area (Å²) in [7, 11) is 0. The Bertz CT molecular complexity index is 1530. The molecule has 0 aliphatic carbocycles. The number of nitrogens with one attached hydrogen (secondary N) is 2. The Labute approximate surface area is 225 Å². The molecule has 4 N–H and O–H groups in total. The molecule has 0 saturated carbocycles. The molecule has 5 rings (SSSR count). The summed E-state index contributed by atoms with van der Waals surface area (Å²) >= 11 is 6.51. The average molecular weight is 536 g/mol. The largest absolute Gasteiger partial charge is 0.492 e. The van der Waals surface area contributed by atoms with Crippen molar-refractivity contribution >= 4 is 34.2 Å². The molecule has 0 spiro atoms. The molecule has 1 saturated heterocycles. The fourth-order valence-corrected chi connectivity index (χ4v) is 5.45. The Morgan fingerprint density at radius 3 is 2.63 bits per heavy atom. The van der Waals surface area contributed by atoms with Crippen molar-refractivity contribution in [3.05, 3.63) is 74.2 Å². The van der Waals surface area contributed by atoms with E-state index >= 15 is 0 Å². The lowest BCUT2D eigenvalue weighted by molar-refractivity contribution is -0.698. The van der Waals surface area contributed by atoms with Crippen molar-refractivity contribution in [1.29, 1.82) is 0 Å². The van der Waals surface area contributed by atoms with Crippen molar-refractivity contribution in [3.63, 3.8) is 0 Å². The Morgan fingerprint density at radius 1 is 1.16 bits per heavy atom. The van der Waals surface area contributed by atoms with Crippen LogP contribution in [0.4, 0.5) is 5.82 Å². The zero-order valence-electron chi connectivity index (χ0n) is 21.8. The molecule has 9 heteroatoms. The summed E-state index contributed by atoms with van der Waals surface area (Å²) in [6.45, 7) is 7.33. The van der Waals surface area contributed by atoms with E-state index in [1.165, 1.54) is 12.8 Å². The average Bonchev–Trinajstić information content (AvgIpc) is 3.27. The molecule has 2 aromatic heterocycles. The van der Waals surface area contributed by atoms with E-state index < -0.39 is 5.91 Å². The first-order chi connectivity index (χ1) is 18.3. The molecule has 1 aliphatic heterocycles. The number of H-pyrrole nitrogens is 1. The minimum absolute atomic E-state index is 0.202. The molecule has 1 atom stereocenters. The first kappa shape index (κ1) is 26.0. The van der Waals surface area contributed by atoms with E-state index in [1.807, 2.05) is 26.0 Å². The number of nitrogens with zero attached hydrogens (tertiary/aromatic N) is 1. The van der Waals surface area contributed by atoms with Crippen LogP contribution in [0.25, 0.3) is 22.0 Å². The molecule has 4 aromatic rings. The number of rotatable bonds is 7. The molecular weight excluding hydrogens is 504 g/mol. The third-order valence-corrected chi connectivity index (χ3v) is 7.26. The molecule has 38 heavy (non-hydrogen) atoms. The van der Waals surface area contributed by atoms with Gasteiger partial charge in [-0.1, -0.05) is 46.1 Å². The summed E-state index contributed by atoms with van der Waals surface area (Å²) in [5, 5.41) is 9.74. The van der Waals surface area contributed by atoms with Crippen molar-refractivity contribution in [2.75, 3.05) is 18.5 Å². The number of pyridine rings is 1.